The van der Waals surface area contributed by atoms with E-state index in [1.165, 1.54) is 24.3 Å². The molecule has 1 aromatic carbocycles. The first-order chi connectivity index (χ1) is 15.3. The molecule has 0 atom stereocenters. The molecule has 0 saturated heterocycles. The van der Waals surface area contributed by atoms with Crippen molar-refractivity contribution < 1.29 is 18.0 Å². The third kappa shape index (κ3) is 7.31. The van der Waals surface area contributed by atoms with Gasteiger partial charge in [-0.25, -0.2) is 18.1 Å². The van der Waals surface area contributed by atoms with Crippen LogP contribution in [-0.2, 0) is 26.2 Å². The van der Waals surface area contributed by atoms with Crippen molar-refractivity contribution in [3.8, 4) is 0 Å². The van der Waals surface area contributed by atoms with E-state index >= 15 is 0 Å². The summed E-state index contributed by atoms with van der Waals surface area (Å²) >= 11 is 0. The standard InChI is InChI=1S/C22H31N5O4S/c1-4-7-13-25-32(30,31)19-10-8-9-18(14-19)26-22(29)21(28)24-16-17-11-12-20(23-15-17)27(5-2)6-3/h8-12,14-15,25H,4-7,13,16H2,1-3H3,(H,24,28)(H,26,29). The van der Waals surface area contributed by atoms with Crippen molar-refractivity contribution in [2.75, 3.05) is 29.9 Å². The number of benzene rings is 1. The highest BCUT2D eigenvalue weighted by Crippen LogP contribution is 2.15. The van der Waals surface area contributed by atoms with E-state index in [0.717, 1.165) is 37.3 Å². The Hall–Kier alpha value is -2.98. The second-order valence-electron chi connectivity index (χ2n) is 7.11. The fourth-order valence-electron chi connectivity index (χ4n) is 2.91. The normalized spacial score (nSPS) is 11.1. The molecule has 32 heavy (non-hydrogen) atoms. The molecule has 0 fully saturated rings. The summed E-state index contributed by atoms with van der Waals surface area (Å²) in [5.74, 6) is -0.861. The fourth-order valence-corrected chi connectivity index (χ4v) is 4.03. The average molecular weight is 462 g/mol. The molecule has 0 aliphatic heterocycles. The van der Waals surface area contributed by atoms with Crippen molar-refractivity contribution in [1.82, 2.24) is 15.0 Å². The number of hydrogen-bond acceptors (Lipinski definition) is 6. The Balaban J connectivity index is 1.93. The van der Waals surface area contributed by atoms with Crippen molar-refractivity contribution in [2.45, 2.75) is 45.1 Å². The number of rotatable bonds is 11. The molecular weight excluding hydrogens is 430 g/mol. The van der Waals surface area contributed by atoms with Gasteiger partial charge in [0.2, 0.25) is 10.0 Å². The Kier molecular flexibility index (Phi) is 9.61. The Morgan fingerprint density at radius 3 is 2.41 bits per heavy atom. The minimum Gasteiger partial charge on any atom is -0.357 e. The van der Waals surface area contributed by atoms with Gasteiger partial charge in [-0.15, -0.1) is 0 Å². The summed E-state index contributed by atoms with van der Waals surface area (Å²) in [7, 11) is -3.68. The molecule has 2 amide bonds. The highest BCUT2D eigenvalue weighted by atomic mass is 32.2. The monoisotopic (exact) mass is 461 g/mol. The molecule has 0 bridgehead atoms. The van der Waals surface area contributed by atoms with Gasteiger partial charge in [-0.2, -0.15) is 0 Å². The third-order valence-electron chi connectivity index (χ3n) is 4.78. The molecule has 0 aliphatic rings. The number of pyridine rings is 1. The first kappa shape index (κ1) is 25.3. The van der Waals surface area contributed by atoms with Crippen LogP contribution >= 0.6 is 0 Å². The second-order valence-corrected chi connectivity index (χ2v) is 8.88. The fraction of sp³-hybridized carbons (Fsp3) is 0.409. The van der Waals surface area contributed by atoms with Crippen molar-refractivity contribution >= 4 is 33.3 Å². The number of hydrogen-bond donors (Lipinski definition) is 3. The first-order valence-corrected chi connectivity index (χ1v) is 12.2. The van der Waals surface area contributed by atoms with Crippen LogP contribution in [0.25, 0.3) is 0 Å². The SMILES string of the molecule is CCCCNS(=O)(=O)c1cccc(NC(=O)C(=O)NCc2ccc(N(CC)CC)nc2)c1. The number of anilines is 2. The number of unbranched alkanes of at least 4 members (excludes halogenated alkanes) is 1. The highest BCUT2D eigenvalue weighted by molar-refractivity contribution is 7.89. The van der Waals surface area contributed by atoms with Crippen LogP contribution in [0.4, 0.5) is 11.5 Å². The summed E-state index contributed by atoms with van der Waals surface area (Å²) in [5.41, 5.74) is 0.974. The van der Waals surface area contributed by atoms with Crippen LogP contribution in [0.3, 0.4) is 0 Å². The summed E-state index contributed by atoms with van der Waals surface area (Å²) in [4.78, 5) is 30.9. The van der Waals surface area contributed by atoms with Gasteiger partial charge in [-0.05, 0) is 50.1 Å². The highest BCUT2D eigenvalue weighted by Gasteiger charge is 2.17. The summed E-state index contributed by atoms with van der Waals surface area (Å²) in [6.45, 7) is 8.23. The van der Waals surface area contributed by atoms with Crippen LogP contribution in [0.1, 0.15) is 39.2 Å². The van der Waals surface area contributed by atoms with E-state index in [1.807, 2.05) is 32.9 Å². The minimum atomic E-state index is -3.68. The van der Waals surface area contributed by atoms with Gasteiger partial charge in [-0.1, -0.05) is 25.5 Å². The van der Waals surface area contributed by atoms with Gasteiger partial charge in [0.25, 0.3) is 0 Å². The lowest BCUT2D eigenvalue weighted by atomic mass is 10.2. The van der Waals surface area contributed by atoms with E-state index in [4.69, 9.17) is 0 Å². The first-order valence-electron chi connectivity index (χ1n) is 10.7. The lowest BCUT2D eigenvalue weighted by Crippen LogP contribution is -2.35. The number of carbonyl (C=O) groups is 2. The summed E-state index contributed by atoms with van der Waals surface area (Å²) < 4.78 is 27.2. The molecular formula is C22H31N5O4S. The number of aromatic nitrogens is 1. The predicted octanol–water partition coefficient (Wildman–Crippen LogP) is 2.26. The Morgan fingerprint density at radius 1 is 1.03 bits per heavy atom. The van der Waals surface area contributed by atoms with Gasteiger partial charge in [0, 0.05) is 38.1 Å². The molecule has 0 saturated carbocycles. The molecule has 0 spiro atoms. The van der Waals surface area contributed by atoms with E-state index in [1.54, 1.807) is 6.20 Å². The van der Waals surface area contributed by atoms with Gasteiger partial charge in [-0.3, -0.25) is 9.59 Å². The zero-order chi connectivity index (χ0) is 23.6. The molecule has 3 N–H and O–H groups in total. The van der Waals surface area contributed by atoms with Crippen LogP contribution in [0.5, 0.6) is 0 Å². The molecule has 2 aromatic rings. The number of sulfonamides is 1. The molecule has 2 rings (SSSR count). The van der Waals surface area contributed by atoms with Crippen molar-refractivity contribution in [2.24, 2.45) is 0 Å². The van der Waals surface area contributed by atoms with Gasteiger partial charge in [0.1, 0.15) is 5.82 Å². The smallest absolute Gasteiger partial charge is 0.313 e. The van der Waals surface area contributed by atoms with Gasteiger partial charge < -0.3 is 15.5 Å². The van der Waals surface area contributed by atoms with Gasteiger partial charge in [0.05, 0.1) is 4.90 Å². The quantitative estimate of drug-likeness (QED) is 0.349. The Labute approximate surface area is 189 Å². The van der Waals surface area contributed by atoms with E-state index in [0.29, 0.717) is 6.54 Å². The van der Waals surface area contributed by atoms with Crippen molar-refractivity contribution in [3.05, 3.63) is 48.2 Å². The van der Waals surface area contributed by atoms with Crippen LogP contribution in [0.2, 0.25) is 0 Å². The van der Waals surface area contributed by atoms with Crippen LogP contribution in [-0.4, -0.2) is 44.9 Å². The lowest BCUT2D eigenvalue weighted by molar-refractivity contribution is -0.136. The van der Waals surface area contributed by atoms with Crippen molar-refractivity contribution in [3.63, 3.8) is 0 Å². The van der Waals surface area contributed by atoms with Crippen LogP contribution in [0, 0.1) is 0 Å². The number of nitrogens with zero attached hydrogens (tertiary/aromatic N) is 2. The van der Waals surface area contributed by atoms with Crippen LogP contribution in [0.15, 0.2) is 47.5 Å². The topological polar surface area (TPSA) is 120 Å². The average Bonchev–Trinajstić information content (AvgIpc) is 2.79. The Morgan fingerprint density at radius 2 is 1.78 bits per heavy atom. The molecule has 9 nitrogen and oxygen atoms in total. The maximum Gasteiger partial charge on any atom is 0.313 e. The van der Waals surface area contributed by atoms with Gasteiger partial charge >= 0.3 is 11.8 Å². The van der Waals surface area contributed by atoms with E-state index in [-0.39, 0.29) is 17.1 Å². The van der Waals surface area contributed by atoms with Crippen LogP contribution < -0.4 is 20.3 Å². The molecule has 0 radical (unpaired) electrons. The molecule has 0 unspecified atom stereocenters. The zero-order valence-corrected chi connectivity index (χ0v) is 19.5. The van der Waals surface area contributed by atoms with E-state index in [9.17, 15) is 18.0 Å². The summed E-state index contributed by atoms with van der Waals surface area (Å²) in [6.07, 6.45) is 3.25. The summed E-state index contributed by atoms with van der Waals surface area (Å²) in [6, 6.07) is 9.49. The van der Waals surface area contributed by atoms with E-state index < -0.39 is 21.8 Å². The second kappa shape index (κ2) is 12.2. The number of amides is 2. The minimum absolute atomic E-state index is 0.0196. The predicted molar refractivity (Wildman–Crippen MR) is 125 cm³/mol. The maximum atomic E-state index is 12.3. The molecule has 0 aliphatic carbocycles. The lowest BCUT2D eigenvalue weighted by Gasteiger charge is -2.19. The third-order valence-corrected chi connectivity index (χ3v) is 6.24. The largest absolute Gasteiger partial charge is 0.357 e. The van der Waals surface area contributed by atoms with Crippen molar-refractivity contribution in [1.29, 1.82) is 0 Å². The Bertz CT molecular complexity index is 1010. The van der Waals surface area contributed by atoms with E-state index in [2.05, 4.69) is 25.2 Å². The molecule has 174 valence electrons. The number of carbonyl (C=O) groups excluding carboxylic acids is 2. The molecule has 1 heterocycles. The molecule has 10 heteroatoms. The summed E-state index contributed by atoms with van der Waals surface area (Å²) in [5, 5.41) is 4.97. The number of nitrogens with one attached hydrogen (secondary N) is 3. The zero-order valence-electron chi connectivity index (χ0n) is 18.7. The maximum absolute atomic E-state index is 12.3. The molecule has 1 aromatic heterocycles. The van der Waals surface area contributed by atoms with Gasteiger partial charge in [0.15, 0.2) is 0 Å².